The molecule has 1 heteroatoms. The first kappa shape index (κ1) is 13.7. The quantitative estimate of drug-likeness (QED) is 0.490. The van der Waals surface area contributed by atoms with Gasteiger partial charge in [-0.2, -0.15) is 0 Å². The Hall–Kier alpha value is -0.330. The van der Waals surface area contributed by atoms with E-state index in [4.69, 9.17) is 0 Å². The van der Waals surface area contributed by atoms with Gasteiger partial charge in [0.05, 0.1) is 0 Å². The molecule has 1 unspecified atom stereocenters. The highest BCUT2D eigenvalue weighted by Crippen LogP contribution is 2.37. The number of hydrogen-bond donors (Lipinski definition) is 0. The topological polar surface area (TPSA) is 17.1 Å². The molecule has 0 spiro atoms. The smallest absolute Gasteiger partial charge is 0.135 e. The highest BCUT2D eigenvalue weighted by Gasteiger charge is 2.31. The summed E-state index contributed by atoms with van der Waals surface area (Å²) in [5, 5.41) is 0. The summed E-state index contributed by atoms with van der Waals surface area (Å²) in [5.74, 6) is 1.63. The number of hydrogen-bond acceptors (Lipinski definition) is 1. The van der Waals surface area contributed by atoms with Crippen LogP contribution in [0.5, 0.6) is 0 Å². The Morgan fingerprint density at radius 3 is 2.19 bits per heavy atom. The lowest BCUT2D eigenvalue weighted by molar-refractivity contribution is -0.123. The summed E-state index contributed by atoms with van der Waals surface area (Å²) in [6, 6.07) is 0. The second-order valence-corrected chi connectivity index (χ2v) is 5.46. The van der Waals surface area contributed by atoms with Gasteiger partial charge in [-0.25, -0.2) is 0 Å². The Morgan fingerprint density at radius 2 is 1.62 bits per heavy atom. The van der Waals surface area contributed by atoms with E-state index < -0.39 is 0 Å². The predicted molar refractivity (Wildman–Crippen MR) is 69.5 cm³/mol. The molecule has 0 saturated heterocycles. The van der Waals surface area contributed by atoms with Gasteiger partial charge in [0, 0.05) is 12.3 Å². The molecule has 1 fully saturated rings. The minimum atomic E-state index is 0.361. The van der Waals surface area contributed by atoms with Crippen molar-refractivity contribution in [3.63, 3.8) is 0 Å². The van der Waals surface area contributed by atoms with Crippen LogP contribution >= 0.6 is 0 Å². The van der Waals surface area contributed by atoms with Crippen LogP contribution in [0.15, 0.2) is 0 Å². The lowest BCUT2D eigenvalue weighted by atomic mass is 9.96. The molecule has 0 aromatic heterocycles. The Morgan fingerprint density at radius 1 is 1.06 bits per heavy atom. The molecule has 1 atom stereocenters. The van der Waals surface area contributed by atoms with Gasteiger partial charge in [0.2, 0.25) is 0 Å². The van der Waals surface area contributed by atoms with E-state index in [-0.39, 0.29) is 0 Å². The maximum atomic E-state index is 11.8. The summed E-state index contributed by atoms with van der Waals surface area (Å²) in [6.45, 7) is 4.37. The monoisotopic (exact) mass is 224 g/mol. The number of unbranched alkanes of at least 4 members (excludes halogenated alkanes) is 6. The van der Waals surface area contributed by atoms with Gasteiger partial charge in [-0.3, -0.25) is 4.79 Å². The molecule has 0 aromatic rings. The molecule has 0 N–H and O–H groups in total. The summed E-state index contributed by atoms with van der Waals surface area (Å²) in [7, 11) is 0. The fourth-order valence-electron chi connectivity index (χ4n) is 2.34. The Bertz CT molecular complexity index is 194. The van der Waals surface area contributed by atoms with Crippen LogP contribution in [0.4, 0.5) is 0 Å². The maximum Gasteiger partial charge on any atom is 0.135 e. The van der Waals surface area contributed by atoms with Gasteiger partial charge in [0.15, 0.2) is 0 Å². The van der Waals surface area contributed by atoms with Crippen LogP contribution in [0.1, 0.15) is 78.1 Å². The fraction of sp³-hybridized carbons (Fsp3) is 0.933. The predicted octanol–water partition coefficient (Wildman–Crippen LogP) is 4.74. The van der Waals surface area contributed by atoms with Crippen molar-refractivity contribution < 1.29 is 4.79 Å². The van der Waals surface area contributed by atoms with E-state index >= 15 is 0 Å². The van der Waals surface area contributed by atoms with Gasteiger partial charge >= 0.3 is 0 Å². The molecule has 1 aliphatic carbocycles. The van der Waals surface area contributed by atoms with Crippen molar-refractivity contribution in [3.8, 4) is 0 Å². The molecule has 0 aliphatic heterocycles. The van der Waals surface area contributed by atoms with E-state index in [0.29, 0.717) is 11.7 Å². The summed E-state index contributed by atoms with van der Waals surface area (Å²) >= 11 is 0. The average molecular weight is 224 g/mol. The molecule has 0 amide bonds. The number of rotatable bonds is 10. The molecule has 0 radical (unpaired) electrons. The molecule has 16 heavy (non-hydrogen) atoms. The minimum absolute atomic E-state index is 0.361. The molecule has 0 bridgehead atoms. The van der Waals surface area contributed by atoms with Crippen LogP contribution in [0.2, 0.25) is 0 Å². The third kappa shape index (κ3) is 5.67. The van der Waals surface area contributed by atoms with Crippen LogP contribution in [0.3, 0.4) is 0 Å². The maximum absolute atomic E-state index is 11.8. The number of carbonyl (C=O) groups excluding carboxylic acids is 1. The van der Waals surface area contributed by atoms with Crippen molar-refractivity contribution in [2.45, 2.75) is 78.1 Å². The van der Waals surface area contributed by atoms with Crippen molar-refractivity contribution in [2.24, 2.45) is 11.8 Å². The van der Waals surface area contributed by atoms with Crippen molar-refractivity contribution in [3.05, 3.63) is 0 Å². The van der Waals surface area contributed by atoms with E-state index in [0.717, 1.165) is 18.8 Å². The molecule has 0 heterocycles. The van der Waals surface area contributed by atoms with Gasteiger partial charge in [-0.1, -0.05) is 52.4 Å². The molecule has 1 saturated carbocycles. The van der Waals surface area contributed by atoms with Crippen LogP contribution < -0.4 is 0 Å². The number of Topliss-reactive ketones (excluding diaryl/α,β-unsaturated/α-hetero) is 1. The molecule has 1 nitrogen and oxygen atoms in total. The normalized spacial score (nSPS) is 17.4. The third-order valence-corrected chi connectivity index (χ3v) is 3.86. The second kappa shape index (κ2) is 7.86. The summed E-state index contributed by atoms with van der Waals surface area (Å²) < 4.78 is 0. The molecule has 1 aliphatic rings. The van der Waals surface area contributed by atoms with E-state index in [2.05, 4.69) is 13.8 Å². The van der Waals surface area contributed by atoms with E-state index in [9.17, 15) is 4.79 Å². The van der Waals surface area contributed by atoms with E-state index in [1.165, 1.54) is 51.4 Å². The zero-order valence-corrected chi connectivity index (χ0v) is 11.1. The Balaban J connectivity index is 1.88. The standard InChI is InChI=1S/C15H28O/c1-3-4-5-6-7-8-9-10-15(16)13(2)14-11-12-14/h13-14H,3-12H2,1-2H3. The zero-order valence-electron chi connectivity index (χ0n) is 11.1. The largest absolute Gasteiger partial charge is 0.299 e. The van der Waals surface area contributed by atoms with Crippen molar-refractivity contribution in [1.29, 1.82) is 0 Å². The second-order valence-electron chi connectivity index (χ2n) is 5.46. The highest BCUT2D eigenvalue weighted by molar-refractivity contribution is 5.81. The van der Waals surface area contributed by atoms with Gasteiger partial charge < -0.3 is 0 Å². The van der Waals surface area contributed by atoms with Gasteiger partial charge in [0.1, 0.15) is 5.78 Å². The lowest BCUT2D eigenvalue weighted by Crippen LogP contribution is -2.12. The van der Waals surface area contributed by atoms with E-state index in [1.807, 2.05) is 0 Å². The highest BCUT2D eigenvalue weighted by atomic mass is 16.1. The number of carbonyl (C=O) groups is 1. The molecular weight excluding hydrogens is 196 g/mol. The zero-order chi connectivity index (χ0) is 11.8. The lowest BCUT2D eigenvalue weighted by Gasteiger charge is -2.08. The van der Waals surface area contributed by atoms with Crippen LogP contribution in [0.25, 0.3) is 0 Å². The fourth-order valence-corrected chi connectivity index (χ4v) is 2.34. The first-order valence-electron chi connectivity index (χ1n) is 7.28. The summed E-state index contributed by atoms with van der Waals surface area (Å²) in [4.78, 5) is 11.8. The average Bonchev–Trinajstić information content (AvgIpc) is 3.10. The third-order valence-electron chi connectivity index (χ3n) is 3.86. The molecular formula is C15H28O. The summed E-state index contributed by atoms with van der Waals surface area (Å²) in [6.07, 6.45) is 12.6. The summed E-state index contributed by atoms with van der Waals surface area (Å²) in [5.41, 5.74) is 0. The van der Waals surface area contributed by atoms with Crippen LogP contribution in [0, 0.1) is 11.8 Å². The molecule has 94 valence electrons. The van der Waals surface area contributed by atoms with Crippen LogP contribution in [-0.2, 0) is 4.79 Å². The van der Waals surface area contributed by atoms with Crippen molar-refractivity contribution >= 4 is 5.78 Å². The molecule has 1 rings (SSSR count). The van der Waals surface area contributed by atoms with Gasteiger partial charge in [-0.05, 0) is 25.2 Å². The molecule has 0 aromatic carbocycles. The van der Waals surface area contributed by atoms with Crippen LogP contribution in [-0.4, -0.2) is 5.78 Å². The van der Waals surface area contributed by atoms with E-state index in [1.54, 1.807) is 0 Å². The van der Waals surface area contributed by atoms with Gasteiger partial charge in [0.25, 0.3) is 0 Å². The Labute approximate surface area is 101 Å². The SMILES string of the molecule is CCCCCCCCCC(=O)C(C)C1CC1. The van der Waals surface area contributed by atoms with Gasteiger partial charge in [-0.15, -0.1) is 0 Å². The first-order valence-corrected chi connectivity index (χ1v) is 7.28. The first-order chi connectivity index (χ1) is 7.75. The van der Waals surface area contributed by atoms with Crippen molar-refractivity contribution in [2.75, 3.05) is 0 Å². The minimum Gasteiger partial charge on any atom is -0.299 e. The van der Waals surface area contributed by atoms with Crippen molar-refractivity contribution in [1.82, 2.24) is 0 Å². The Kier molecular flexibility index (Phi) is 6.75. The number of ketones is 1.